The first-order chi connectivity index (χ1) is 8.58. The summed E-state index contributed by atoms with van der Waals surface area (Å²) in [6, 6.07) is 5.84. The zero-order valence-corrected chi connectivity index (χ0v) is 10.8. The molecular weight excluding hydrogens is 275 g/mol. The molecule has 2 rings (SSSR count). The number of para-hydroxylation sites is 1. The maximum atomic E-state index is 13.3. The van der Waals surface area contributed by atoms with Crippen molar-refractivity contribution in [2.45, 2.75) is 0 Å². The van der Waals surface area contributed by atoms with Gasteiger partial charge < -0.3 is 5.32 Å². The van der Waals surface area contributed by atoms with E-state index in [-0.39, 0.29) is 23.9 Å². The van der Waals surface area contributed by atoms with Crippen LogP contribution in [0.1, 0.15) is 0 Å². The standard InChI is InChI=1S/C11H9FN2O2S2/c12-7-3-1-2-4-8(7)13-9(15)5-14-10(16)6-18-11(14)17/h1-4H,5-6H2,(H,13,15). The number of carbonyl (C=O) groups is 2. The fourth-order valence-corrected chi connectivity index (χ4v) is 2.50. The van der Waals surface area contributed by atoms with Gasteiger partial charge in [-0.3, -0.25) is 14.5 Å². The van der Waals surface area contributed by atoms with Crippen LogP contribution in [0, 0.1) is 5.82 Å². The van der Waals surface area contributed by atoms with Crippen molar-refractivity contribution < 1.29 is 14.0 Å². The molecule has 1 aromatic carbocycles. The smallest absolute Gasteiger partial charge is 0.244 e. The molecule has 18 heavy (non-hydrogen) atoms. The van der Waals surface area contributed by atoms with E-state index in [1.807, 2.05) is 0 Å². The van der Waals surface area contributed by atoms with Crippen molar-refractivity contribution in [1.82, 2.24) is 4.90 Å². The number of nitrogens with zero attached hydrogens (tertiary/aromatic N) is 1. The van der Waals surface area contributed by atoms with Crippen molar-refractivity contribution in [1.29, 1.82) is 0 Å². The minimum absolute atomic E-state index is 0.0905. The Balaban J connectivity index is 1.99. The highest BCUT2D eigenvalue weighted by Gasteiger charge is 2.28. The molecule has 1 saturated heterocycles. The van der Waals surface area contributed by atoms with Crippen LogP contribution < -0.4 is 5.32 Å². The van der Waals surface area contributed by atoms with Gasteiger partial charge in [0, 0.05) is 0 Å². The summed E-state index contributed by atoms with van der Waals surface area (Å²) in [5.41, 5.74) is 0.0905. The molecule has 1 heterocycles. The van der Waals surface area contributed by atoms with Gasteiger partial charge in [0.25, 0.3) is 0 Å². The lowest BCUT2D eigenvalue weighted by atomic mass is 10.3. The average Bonchev–Trinajstić information content (AvgIpc) is 2.64. The Labute approximate surface area is 113 Å². The lowest BCUT2D eigenvalue weighted by Gasteiger charge is -2.14. The molecule has 0 aromatic heterocycles. The normalized spacial score (nSPS) is 15.1. The third-order valence-corrected chi connectivity index (χ3v) is 3.72. The zero-order valence-electron chi connectivity index (χ0n) is 9.18. The van der Waals surface area contributed by atoms with E-state index in [0.717, 1.165) is 0 Å². The summed E-state index contributed by atoms with van der Waals surface area (Å²) in [5.74, 6) is -0.936. The fourth-order valence-electron chi connectivity index (χ4n) is 1.43. The summed E-state index contributed by atoms with van der Waals surface area (Å²) in [7, 11) is 0. The van der Waals surface area contributed by atoms with Gasteiger partial charge >= 0.3 is 0 Å². The number of halogens is 1. The predicted octanol–water partition coefficient (Wildman–Crippen LogP) is 1.62. The molecule has 0 atom stereocenters. The van der Waals surface area contributed by atoms with E-state index in [1.54, 1.807) is 6.07 Å². The molecule has 0 saturated carbocycles. The van der Waals surface area contributed by atoms with E-state index in [4.69, 9.17) is 12.2 Å². The number of amides is 2. The summed E-state index contributed by atoms with van der Waals surface area (Å²) < 4.78 is 13.7. The Bertz CT molecular complexity index is 506. The Morgan fingerprint density at radius 3 is 2.83 bits per heavy atom. The van der Waals surface area contributed by atoms with E-state index in [0.29, 0.717) is 4.32 Å². The molecule has 0 unspecified atom stereocenters. The maximum absolute atomic E-state index is 13.3. The average molecular weight is 284 g/mol. The number of rotatable bonds is 3. The molecule has 0 aliphatic carbocycles. The molecule has 1 aliphatic rings. The number of benzene rings is 1. The van der Waals surface area contributed by atoms with Gasteiger partial charge in [-0.15, -0.1) is 0 Å². The Morgan fingerprint density at radius 2 is 2.22 bits per heavy atom. The molecule has 1 N–H and O–H groups in total. The van der Waals surface area contributed by atoms with E-state index in [9.17, 15) is 14.0 Å². The van der Waals surface area contributed by atoms with Crippen molar-refractivity contribution in [3.63, 3.8) is 0 Å². The quantitative estimate of drug-likeness (QED) is 0.857. The summed E-state index contributed by atoms with van der Waals surface area (Å²) in [6.07, 6.45) is 0. The topological polar surface area (TPSA) is 49.4 Å². The number of anilines is 1. The lowest BCUT2D eigenvalue weighted by Crippen LogP contribution is -2.36. The Morgan fingerprint density at radius 1 is 1.50 bits per heavy atom. The molecular formula is C11H9FN2O2S2. The number of hydrogen-bond donors (Lipinski definition) is 1. The molecule has 1 fully saturated rings. The third kappa shape index (κ3) is 2.85. The first-order valence-electron chi connectivity index (χ1n) is 5.09. The second kappa shape index (κ2) is 5.45. The SMILES string of the molecule is O=C(CN1C(=O)CSC1=S)Nc1ccccc1F. The van der Waals surface area contributed by atoms with Crippen LogP contribution in [-0.4, -0.2) is 33.3 Å². The molecule has 2 amide bonds. The highest BCUT2D eigenvalue weighted by Crippen LogP contribution is 2.19. The van der Waals surface area contributed by atoms with Gasteiger partial charge in [-0.25, -0.2) is 4.39 Å². The van der Waals surface area contributed by atoms with Gasteiger partial charge in [0.2, 0.25) is 11.8 Å². The monoisotopic (exact) mass is 284 g/mol. The van der Waals surface area contributed by atoms with Crippen LogP contribution in [0.3, 0.4) is 0 Å². The molecule has 0 spiro atoms. The first-order valence-corrected chi connectivity index (χ1v) is 6.49. The van der Waals surface area contributed by atoms with Gasteiger partial charge in [0.15, 0.2) is 0 Å². The number of thiocarbonyl (C=S) groups is 1. The van der Waals surface area contributed by atoms with Gasteiger partial charge in [-0.05, 0) is 12.1 Å². The van der Waals surface area contributed by atoms with Crippen molar-refractivity contribution in [3.8, 4) is 0 Å². The van der Waals surface area contributed by atoms with Crippen LogP contribution >= 0.6 is 24.0 Å². The molecule has 1 aromatic rings. The zero-order chi connectivity index (χ0) is 13.1. The van der Waals surface area contributed by atoms with Crippen LogP contribution in [0.15, 0.2) is 24.3 Å². The molecule has 94 valence electrons. The molecule has 7 heteroatoms. The molecule has 1 aliphatic heterocycles. The number of nitrogens with one attached hydrogen (secondary N) is 1. The highest BCUT2D eigenvalue weighted by molar-refractivity contribution is 8.23. The second-order valence-corrected chi connectivity index (χ2v) is 5.17. The van der Waals surface area contributed by atoms with Gasteiger partial charge in [-0.1, -0.05) is 36.1 Å². The number of thioether (sulfide) groups is 1. The lowest BCUT2D eigenvalue weighted by molar-refractivity contribution is -0.128. The van der Waals surface area contributed by atoms with E-state index in [1.165, 1.54) is 34.9 Å². The summed E-state index contributed by atoms with van der Waals surface area (Å²) in [4.78, 5) is 24.3. The molecule has 0 bridgehead atoms. The summed E-state index contributed by atoms with van der Waals surface area (Å²) in [6.45, 7) is -0.182. The van der Waals surface area contributed by atoms with E-state index in [2.05, 4.69) is 5.32 Å². The number of hydrogen-bond acceptors (Lipinski definition) is 4. The Hall–Kier alpha value is -1.47. The van der Waals surface area contributed by atoms with Crippen molar-refractivity contribution in [2.24, 2.45) is 0 Å². The van der Waals surface area contributed by atoms with Crippen molar-refractivity contribution >= 4 is 45.8 Å². The first kappa shape index (κ1) is 13.0. The van der Waals surface area contributed by atoms with Crippen LogP contribution in [-0.2, 0) is 9.59 Å². The van der Waals surface area contributed by atoms with Gasteiger partial charge in [-0.2, -0.15) is 0 Å². The minimum Gasteiger partial charge on any atom is -0.322 e. The largest absolute Gasteiger partial charge is 0.322 e. The van der Waals surface area contributed by atoms with Gasteiger partial charge in [0.05, 0.1) is 11.4 Å². The van der Waals surface area contributed by atoms with Crippen LogP contribution in [0.4, 0.5) is 10.1 Å². The molecule has 0 radical (unpaired) electrons. The minimum atomic E-state index is -0.518. The third-order valence-electron chi connectivity index (χ3n) is 2.29. The fraction of sp³-hybridized carbons (Fsp3) is 0.182. The van der Waals surface area contributed by atoms with Crippen LogP contribution in [0.5, 0.6) is 0 Å². The second-order valence-electron chi connectivity index (χ2n) is 3.56. The predicted molar refractivity (Wildman–Crippen MR) is 71.8 cm³/mol. The highest BCUT2D eigenvalue weighted by atomic mass is 32.2. The van der Waals surface area contributed by atoms with Gasteiger partial charge in [0.1, 0.15) is 16.7 Å². The van der Waals surface area contributed by atoms with Crippen LogP contribution in [0.2, 0.25) is 0 Å². The molecule has 4 nitrogen and oxygen atoms in total. The summed E-state index contributed by atoms with van der Waals surface area (Å²) in [5, 5.41) is 2.40. The van der Waals surface area contributed by atoms with Crippen LogP contribution in [0.25, 0.3) is 0 Å². The summed E-state index contributed by atoms with van der Waals surface area (Å²) >= 11 is 6.16. The van der Waals surface area contributed by atoms with Crippen molar-refractivity contribution in [3.05, 3.63) is 30.1 Å². The Kier molecular flexibility index (Phi) is 3.93. The van der Waals surface area contributed by atoms with Crippen molar-refractivity contribution in [2.75, 3.05) is 17.6 Å². The maximum Gasteiger partial charge on any atom is 0.244 e. The van der Waals surface area contributed by atoms with E-state index < -0.39 is 11.7 Å². The van der Waals surface area contributed by atoms with E-state index >= 15 is 0 Å². The number of carbonyl (C=O) groups excluding carboxylic acids is 2.